The maximum absolute atomic E-state index is 13.4. The molecule has 0 fully saturated rings. The van der Waals surface area contributed by atoms with E-state index in [-0.39, 0.29) is 23.8 Å². The average molecular weight is 344 g/mol. The van der Waals surface area contributed by atoms with Gasteiger partial charge >= 0.3 is 0 Å². The van der Waals surface area contributed by atoms with Gasteiger partial charge in [0.2, 0.25) is 10.0 Å². The van der Waals surface area contributed by atoms with Gasteiger partial charge in [-0.25, -0.2) is 12.8 Å². The zero-order valence-electron chi connectivity index (χ0n) is 11.9. The van der Waals surface area contributed by atoms with Gasteiger partial charge in [-0.1, -0.05) is 29.8 Å². The van der Waals surface area contributed by atoms with E-state index in [0.717, 1.165) is 4.31 Å². The quantitative estimate of drug-likeness (QED) is 0.809. The average Bonchev–Trinajstić information content (AvgIpc) is 2.49. The van der Waals surface area contributed by atoms with Crippen LogP contribution in [-0.4, -0.2) is 32.9 Å². The minimum Gasteiger partial charge on any atom is -0.489 e. The number of halogens is 2. The van der Waals surface area contributed by atoms with E-state index in [2.05, 4.69) is 0 Å². The zero-order valence-corrected chi connectivity index (χ0v) is 13.4. The molecule has 22 heavy (non-hydrogen) atoms. The fraction of sp³-hybridized carbons (Fsp3) is 0.200. The van der Waals surface area contributed by atoms with E-state index in [9.17, 15) is 12.8 Å². The Morgan fingerprint density at radius 1 is 1.18 bits per heavy atom. The normalized spacial score (nSPS) is 11.6. The van der Waals surface area contributed by atoms with Gasteiger partial charge < -0.3 is 4.74 Å². The van der Waals surface area contributed by atoms with Crippen LogP contribution in [0.4, 0.5) is 4.39 Å². The highest BCUT2D eigenvalue weighted by molar-refractivity contribution is 7.89. The van der Waals surface area contributed by atoms with Crippen LogP contribution in [0.25, 0.3) is 0 Å². The lowest BCUT2D eigenvalue weighted by atomic mass is 10.3. The summed E-state index contributed by atoms with van der Waals surface area (Å²) in [5, 5.41) is 0.345. The molecule has 2 aromatic rings. The number of hydrogen-bond acceptors (Lipinski definition) is 3. The SMILES string of the molecule is CN(CCOc1ccccc1F)S(=O)(=O)c1cccc(Cl)c1. The number of hydrogen-bond donors (Lipinski definition) is 0. The van der Waals surface area contributed by atoms with Crippen LogP contribution in [-0.2, 0) is 10.0 Å². The lowest BCUT2D eigenvalue weighted by molar-refractivity contribution is 0.275. The molecule has 0 radical (unpaired) electrons. The standard InChI is InChI=1S/C15H15ClFNO3S/c1-18(9-10-21-15-8-3-2-7-14(15)17)22(19,20)13-6-4-5-12(16)11-13/h2-8,11H,9-10H2,1H3. The molecule has 4 nitrogen and oxygen atoms in total. The molecule has 0 N–H and O–H groups in total. The van der Waals surface area contributed by atoms with Crippen LogP contribution in [0.1, 0.15) is 0 Å². The Labute approximate surface area is 134 Å². The summed E-state index contributed by atoms with van der Waals surface area (Å²) in [5.41, 5.74) is 0. The van der Waals surface area contributed by atoms with E-state index in [4.69, 9.17) is 16.3 Å². The van der Waals surface area contributed by atoms with Crippen molar-refractivity contribution in [2.45, 2.75) is 4.90 Å². The van der Waals surface area contributed by atoms with Gasteiger partial charge in [-0.3, -0.25) is 0 Å². The van der Waals surface area contributed by atoms with Crippen molar-refractivity contribution in [1.29, 1.82) is 0 Å². The predicted molar refractivity (Wildman–Crippen MR) is 83.2 cm³/mol. The lowest BCUT2D eigenvalue weighted by Gasteiger charge is -2.17. The Morgan fingerprint density at radius 3 is 2.59 bits per heavy atom. The number of likely N-dealkylation sites (N-methyl/N-ethyl adjacent to an activating group) is 1. The number of para-hydroxylation sites is 1. The Morgan fingerprint density at radius 2 is 1.91 bits per heavy atom. The maximum atomic E-state index is 13.4. The molecule has 0 spiro atoms. The molecule has 0 aromatic heterocycles. The Kier molecular flexibility index (Phi) is 5.39. The summed E-state index contributed by atoms with van der Waals surface area (Å²) in [6, 6.07) is 12.0. The molecule has 0 atom stereocenters. The molecule has 0 saturated heterocycles. The van der Waals surface area contributed by atoms with Gasteiger partial charge in [-0.15, -0.1) is 0 Å². The lowest BCUT2D eigenvalue weighted by Crippen LogP contribution is -2.31. The van der Waals surface area contributed by atoms with Gasteiger partial charge in [0, 0.05) is 18.6 Å². The molecule has 0 aliphatic carbocycles. The third-order valence-corrected chi connectivity index (χ3v) is 5.09. The number of nitrogens with zero attached hydrogens (tertiary/aromatic N) is 1. The highest BCUT2D eigenvalue weighted by Crippen LogP contribution is 2.19. The summed E-state index contributed by atoms with van der Waals surface area (Å²) in [6.07, 6.45) is 0. The van der Waals surface area contributed by atoms with E-state index >= 15 is 0 Å². The molecule has 0 amide bonds. The van der Waals surface area contributed by atoms with E-state index in [1.807, 2.05) is 0 Å². The Balaban J connectivity index is 2.00. The third-order valence-electron chi connectivity index (χ3n) is 3.00. The van der Waals surface area contributed by atoms with Crippen molar-refractivity contribution in [2.24, 2.45) is 0 Å². The van der Waals surface area contributed by atoms with Gasteiger partial charge in [-0.2, -0.15) is 4.31 Å². The molecular weight excluding hydrogens is 329 g/mol. The topological polar surface area (TPSA) is 46.6 Å². The summed E-state index contributed by atoms with van der Waals surface area (Å²) in [7, 11) is -2.22. The fourth-order valence-corrected chi connectivity index (χ4v) is 3.23. The van der Waals surface area contributed by atoms with Crippen LogP contribution < -0.4 is 4.74 Å². The van der Waals surface area contributed by atoms with Crippen molar-refractivity contribution in [3.63, 3.8) is 0 Å². The first-order chi connectivity index (χ1) is 10.4. The van der Waals surface area contributed by atoms with E-state index in [1.165, 1.54) is 31.3 Å². The van der Waals surface area contributed by atoms with Crippen molar-refractivity contribution in [3.05, 3.63) is 59.4 Å². The van der Waals surface area contributed by atoms with Crippen LogP contribution in [0.5, 0.6) is 5.75 Å². The third kappa shape index (κ3) is 3.97. The molecule has 2 aromatic carbocycles. The van der Waals surface area contributed by atoms with Crippen molar-refractivity contribution < 1.29 is 17.5 Å². The predicted octanol–water partition coefficient (Wildman–Crippen LogP) is 3.18. The minimum absolute atomic E-state index is 0.0389. The minimum atomic E-state index is -3.65. The number of rotatable bonds is 6. The van der Waals surface area contributed by atoms with Crippen molar-refractivity contribution in [3.8, 4) is 5.75 Å². The van der Waals surface area contributed by atoms with Gasteiger partial charge in [0.1, 0.15) is 6.61 Å². The molecule has 2 rings (SSSR count). The second-order valence-corrected chi connectivity index (χ2v) is 7.04. The molecule has 0 aliphatic rings. The second-order valence-electron chi connectivity index (χ2n) is 4.56. The highest BCUT2D eigenvalue weighted by Gasteiger charge is 2.20. The summed E-state index contributed by atoms with van der Waals surface area (Å²) in [6.45, 7) is 0.125. The second kappa shape index (κ2) is 7.09. The highest BCUT2D eigenvalue weighted by atomic mass is 35.5. The molecule has 0 aliphatic heterocycles. The maximum Gasteiger partial charge on any atom is 0.242 e. The Bertz CT molecular complexity index is 752. The first-order valence-electron chi connectivity index (χ1n) is 6.50. The molecule has 118 valence electrons. The van der Waals surface area contributed by atoms with Gasteiger partial charge in [0.25, 0.3) is 0 Å². The van der Waals surface area contributed by atoms with Crippen molar-refractivity contribution in [1.82, 2.24) is 4.31 Å². The Hall–Kier alpha value is -1.63. The van der Waals surface area contributed by atoms with Crippen LogP contribution >= 0.6 is 11.6 Å². The number of benzene rings is 2. The van der Waals surface area contributed by atoms with Crippen LogP contribution in [0.3, 0.4) is 0 Å². The van der Waals surface area contributed by atoms with Gasteiger partial charge in [-0.05, 0) is 30.3 Å². The van der Waals surface area contributed by atoms with Crippen molar-refractivity contribution in [2.75, 3.05) is 20.2 Å². The first kappa shape index (κ1) is 16.7. The molecule has 0 heterocycles. The fourth-order valence-electron chi connectivity index (χ4n) is 1.77. The van der Waals surface area contributed by atoms with Gasteiger partial charge in [0.05, 0.1) is 4.90 Å². The molecular formula is C15H15ClFNO3S. The van der Waals surface area contributed by atoms with E-state index in [0.29, 0.717) is 5.02 Å². The molecule has 0 saturated carbocycles. The summed E-state index contributed by atoms with van der Waals surface area (Å²) in [5.74, 6) is -0.390. The largest absolute Gasteiger partial charge is 0.489 e. The monoisotopic (exact) mass is 343 g/mol. The van der Waals surface area contributed by atoms with E-state index in [1.54, 1.807) is 24.3 Å². The van der Waals surface area contributed by atoms with Crippen LogP contribution in [0.2, 0.25) is 5.02 Å². The van der Waals surface area contributed by atoms with Crippen LogP contribution in [0, 0.1) is 5.82 Å². The molecule has 7 heteroatoms. The summed E-state index contributed by atoms with van der Waals surface area (Å²) < 4.78 is 44.4. The summed E-state index contributed by atoms with van der Waals surface area (Å²) >= 11 is 5.81. The first-order valence-corrected chi connectivity index (χ1v) is 8.32. The molecule has 0 unspecified atom stereocenters. The zero-order chi connectivity index (χ0) is 16.2. The summed E-state index contributed by atoms with van der Waals surface area (Å²) in [4.78, 5) is 0.105. The molecule has 0 bridgehead atoms. The smallest absolute Gasteiger partial charge is 0.242 e. The van der Waals surface area contributed by atoms with Crippen molar-refractivity contribution >= 4 is 21.6 Å². The number of ether oxygens (including phenoxy) is 1. The van der Waals surface area contributed by atoms with Crippen LogP contribution in [0.15, 0.2) is 53.4 Å². The van der Waals surface area contributed by atoms with Gasteiger partial charge in [0.15, 0.2) is 11.6 Å². The van der Waals surface area contributed by atoms with E-state index < -0.39 is 15.8 Å². The number of sulfonamides is 1.